The van der Waals surface area contributed by atoms with Crippen molar-refractivity contribution in [2.24, 2.45) is 0 Å². The number of hydrogen-bond acceptors (Lipinski definition) is 2. The quantitative estimate of drug-likeness (QED) is 0.898. The first-order valence-corrected chi connectivity index (χ1v) is 5.86. The minimum absolute atomic E-state index is 0.0202. The van der Waals surface area contributed by atoms with Gasteiger partial charge in [-0.15, -0.1) is 0 Å². The summed E-state index contributed by atoms with van der Waals surface area (Å²) >= 11 is 0. The van der Waals surface area contributed by atoms with Gasteiger partial charge in [-0.1, -0.05) is 6.92 Å². The second-order valence-electron chi connectivity index (χ2n) is 4.24. The van der Waals surface area contributed by atoms with Gasteiger partial charge in [0, 0.05) is 25.7 Å². The Labute approximate surface area is 106 Å². The van der Waals surface area contributed by atoms with Crippen molar-refractivity contribution in [2.75, 3.05) is 19.4 Å². The first-order valence-electron chi connectivity index (χ1n) is 5.86. The Morgan fingerprint density at radius 2 is 1.89 bits per heavy atom. The van der Waals surface area contributed by atoms with Gasteiger partial charge in [0.2, 0.25) is 0 Å². The summed E-state index contributed by atoms with van der Waals surface area (Å²) in [6.45, 7) is 3.83. The van der Waals surface area contributed by atoms with Gasteiger partial charge in [0.1, 0.15) is 17.3 Å². The highest BCUT2D eigenvalue weighted by Crippen LogP contribution is 2.21. The number of nitrogens with zero attached hydrogens (tertiary/aromatic N) is 1. The summed E-state index contributed by atoms with van der Waals surface area (Å²) in [4.78, 5) is 13.5. The molecule has 0 aliphatic carbocycles. The number of rotatable bonds is 4. The fourth-order valence-corrected chi connectivity index (χ4v) is 1.61. The van der Waals surface area contributed by atoms with E-state index < -0.39 is 11.6 Å². The van der Waals surface area contributed by atoms with Crippen LogP contribution in [0.4, 0.5) is 14.5 Å². The normalized spacial score (nSPS) is 12.1. The average Bonchev–Trinajstić information content (AvgIpc) is 2.35. The first-order chi connectivity index (χ1) is 8.42. The number of anilines is 1. The molecule has 0 bridgehead atoms. The predicted octanol–water partition coefficient (Wildman–Crippen LogP) is 2.88. The molecule has 0 aliphatic rings. The maximum Gasteiger partial charge on any atom is 0.254 e. The summed E-state index contributed by atoms with van der Waals surface area (Å²) in [6, 6.07) is 2.12. The molecule has 100 valence electrons. The predicted molar refractivity (Wildman–Crippen MR) is 67.8 cm³/mol. The maximum absolute atomic E-state index is 13.5. The molecule has 0 saturated heterocycles. The molecule has 1 amide bonds. The number of benzene rings is 1. The lowest BCUT2D eigenvalue weighted by molar-refractivity contribution is 0.0739. The van der Waals surface area contributed by atoms with Gasteiger partial charge in [-0.25, -0.2) is 8.78 Å². The molecule has 0 radical (unpaired) electrons. The Morgan fingerprint density at radius 1 is 1.39 bits per heavy atom. The molecule has 3 nitrogen and oxygen atoms in total. The molecule has 1 N–H and O–H groups in total. The lowest BCUT2D eigenvalue weighted by atomic mass is 10.1. The van der Waals surface area contributed by atoms with E-state index in [0.717, 1.165) is 18.6 Å². The number of carbonyl (C=O) groups excluding carboxylic acids is 1. The molecule has 1 aromatic carbocycles. The van der Waals surface area contributed by atoms with Crippen LogP contribution in [0.5, 0.6) is 0 Å². The zero-order valence-corrected chi connectivity index (χ0v) is 11.1. The van der Waals surface area contributed by atoms with Crippen LogP contribution in [0.15, 0.2) is 12.1 Å². The summed E-state index contributed by atoms with van der Waals surface area (Å²) in [7, 11) is 3.05. The van der Waals surface area contributed by atoms with Crippen LogP contribution < -0.4 is 5.32 Å². The largest absolute Gasteiger partial charge is 0.383 e. The van der Waals surface area contributed by atoms with E-state index in [9.17, 15) is 13.6 Å². The van der Waals surface area contributed by atoms with E-state index in [4.69, 9.17) is 0 Å². The summed E-state index contributed by atoms with van der Waals surface area (Å²) in [5.74, 6) is -1.92. The van der Waals surface area contributed by atoms with Crippen LogP contribution in [-0.2, 0) is 0 Å². The highest BCUT2D eigenvalue weighted by Gasteiger charge is 2.19. The fourth-order valence-electron chi connectivity index (χ4n) is 1.61. The first kappa shape index (κ1) is 14.4. The second kappa shape index (κ2) is 5.80. The number of amides is 1. The van der Waals surface area contributed by atoms with Gasteiger partial charge < -0.3 is 10.2 Å². The third kappa shape index (κ3) is 2.78. The minimum atomic E-state index is -0.765. The zero-order valence-electron chi connectivity index (χ0n) is 11.1. The molecular formula is C13H18F2N2O. The van der Waals surface area contributed by atoms with Crippen LogP contribution in [0.3, 0.4) is 0 Å². The van der Waals surface area contributed by atoms with E-state index >= 15 is 0 Å². The van der Waals surface area contributed by atoms with Gasteiger partial charge in [0.25, 0.3) is 5.91 Å². The summed E-state index contributed by atoms with van der Waals surface area (Å²) in [5.41, 5.74) is -0.204. The Kier molecular flexibility index (Phi) is 4.64. The van der Waals surface area contributed by atoms with Crippen LogP contribution in [-0.4, -0.2) is 30.9 Å². The van der Waals surface area contributed by atoms with E-state index in [1.165, 1.54) is 11.9 Å². The zero-order chi connectivity index (χ0) is 13.9. The number of halogens is 2. The van der Waals surface area contributed by atoms with Crippen LogP contribution in [0.1, 0.15) is 30.6 Å². The Balaban J connectivity index is 3.08. The standard InChI is InChI=1S/C13H18F2N2O/c1-5-8(2)17(4)13(18)9-6-10(14)12(16-3)11(15)7-9/h6-8,16H,5H2,1-4H3. The van der Waals surface area contributed by atoms with Crippen molar-refractivity contribution in [2.45, 2.75) is 26.3 Å². The molecule has 1 rings (SSSR count). The Bertz CT molecular complexity index is 426. The SMILES string of the molecule is CCC(C)N(C)C(=O)c1cc(F)c(NC)c(F)c1. The average molecular weight is 256 g/mol. The van der Waals surface area contributed by atoms with Crippen LogP contribution in [0, 0.1) is 11.6 Å². The topological polar surface area (TPSA) is 32.3 Å². The van der Waals surface area contributed by atoms with Crippen molar-refractivity contribution in [3.8, 4) is 0 Å². The molecule has 0 spiro atoms. The van der Waals surface area contributed by atoms with Crippen molar-refractivity contribution in [1.29, 1.82) is 0 Å². The van der Waals surface area contributed by atoms with Gasteiger partial charge in [-0.2, -0.15) is 0 Å². The van der Waals surface area contributed by atoms with Crippen molar-refractivity contribution in [1.82, 2.24) is 4.90 Å². The molecule has 1 aromatic rings. The van der Waals surface area contributed by atoms with E-state index in [-0.39, 0.29) is 23.2 Å². The lowest BCUT2D eigenvalue weighted by Crippen LogP contribution is -2.34. The monoisotopic (exact) mass is 256 g/mol. The minimum Gasteiger partial charge on any atom is -0.383 e. The molecular weight excluding hydrogens is 238 g/mol. The molecule has 5 heteroatoms. The maximum atomic E-state index is 13.5. The van der Waals surface area contributed by atoms with Gasteiger partial charge >= 0.3 is 0 Å². The van der Waals surface area contributed by atoms with Gasteiger partial charge in [0.15, 0.2) is 0 Å². The highest BCUT2D eigenvalue weighted by molar-refractivity contribution is 5.94. The second-order valence-corrected chi connectivity index (χ2v) is 4.24. The number of hydrogen-bond donors (Lipinski definition) is 1. The van der Waals surface area contributed by atoms with Crippen molar-refractivity contribution in [3.05, 3.63) is 29.3 Å². The van der Waals surface area contributed by atoms with E-state index in [1.807, 2.05) is 13.8 Å². The molecule has 0 aliphatic heterocycles. The molecule has 0 fully saturated rings. The molecule has 18 heavy (non-hydrogen) atoms. The Hall–Kier alpha value is -1.65. The third-order valence-electron chi connectivity index (χ3n) is 3.11. The van der Waals surface area contributed by atoms with E-state index in [1.54, 1.807) is 7.05 Å². The molecule has 1 atom stereocenters. The Morgan fingerprint density at radius 3 is 2.28 bits per heavy atom. The highest BCUT2D eigenvalue weighted by atomic mass is 19.1. The van der Waals surface area contributed by atoms with Crippen molar-refractivity contribution < 1.29 is 13.6 Å². The van der Waals surface area contributed by atoms with Crippen LogP contribution in [0.25, 0.3) is 0 Å². The number of nitrogens with one attached hydrogen (secondary N) is 1. The summed E-state index contributed by atoms with van der Waals surface area (Å²) < 4.78 is 27.1. The van der Waals surface area contributed by atoms with Crippen LogP contribution in [0.2, 0.25) is 0 Å². The molecule has 0 heterocycles. The molecule has 0 aromatic heterocycles. The lowest BCUT2D eigenvalue weighted by Gasteiger charge is -2.24. The smallest absolute Gasteiger partial charge is 0.254 e. The summed E-state index contributed by atoms with van der Waals surface area (Å²) in [6.07, 6.45) is 0.780. The van der Waals surface area contributed by atoms with Crippen LogP contribution >= 0.6 is 0 Å². The van der Waals surface area contributed by atoms with Gasteiger partial charge in [-0.05, 0) is 25.5 Å². The van der Waals surface area contributed by atoms with Gasteiger partial charge in [-0.3, -0.25) is 4.79 Å². The number of carbonyl (C=O) groups is 1. The van der Waals surface area contributed by atoms with Gasteiger partial charge in [0.05, 0.1) is 0 Å². The van der Waals surface area contributed by atoms with E-state index in [2.05, 4.69) is 5.32 Å². The molecule has 1 unspecified atom stereocenters. The van der Waals surface area contributed by atoms with Crippen molar-refractivity contribution in [3.63, 3.8) is 0 Å². The van der Waals surface area contributed by atoms with E-state index in [0.29, 0.717) is 0 Å². The molecule has 0 saturated carbocycles. The third-order valence-corrected chi connectivity index (χ3v) is 3.11. The van der Waals surface area contributed by atoms with Crippen molar-refractivity contribution >= 4 is 11.6 Å². The summed E-state index contributed by atoms with van der Waals surface area (Å²) in [5, 5.41) is 2.42. The fraction of sp³-hybridized carbons (Fsp3) is 0.462.